The Kier molecular flexibility index (Phi) is 7.55. The fourth-order valence-corrected chi connectivity index (χ4v) is 3.66. The van der Waals surface area contributed by atoms with E-state index in [0.29, 0.717) is 26.0 Å². The van der Waals surface area contributed by atoms with Crippen molar-refractivity contribution in [3.63, 3.8) is 0 Å². The van der Waals surface area contributed by atoms with Crippen LogP contribution in [0.1, 0.15) is 37.3 Å². The van der Waals surface area contributed by atoms with Crippen LogP contribution in [-0.2, 0) is 4.79 Å². The van der Waals surface area contributed by atoms with Crippen LogP contribution in [0.4, 0.5) is 0 Å². The average Bonchev–Trinajstić information content (AvgIpc) is 3.21. The molecule has 144 valence electrons. The third-order valence-corrected chi connectivity index (χ3v) is 5.10. The molecule has 1 N–H and O–H groups in total. The zero-order valence-electron chi connectivity index (χ0n) is 15.6. The number of para-hydroxylation sites is 1. The fraction of sp³-hybridized carbons (Fsp3) is 0.409. The van der Waals surface area contributed by atoms with Crippen LogP contribution in [0.2, 0.25) is 5.02 Å². The number of likely N-dealkylation sites (tertiary alicyclic amines) is 1. The summed E-state index contributed by atoms with van der Waals surface area (Å²) >= 11 is 6.17. The lowest BCUT2D eigenvalue weighted by Gasteiger charge is -2.28. The zero-order valence-corrected chi connectivity index (χ0v) is 16.3. The number of ether oxygens (including phenoxy) is 1. The maximum Gasteiger partial charge on any atom is 0.220 e. The van der Waals surface area contributed by atoms with Crippen molar-refractivity contribution in [2.75, 3.05) is 26.2 Å². The molecule has 3 rings (SSSR count). The van der Waals surface area contributed by atoms with Crippen LogP contribution in [0.5, 0.6) is 5.75 Å². The second-order valence-electron chi connectivity index (χ2n) is 6.88. The molecule has 0 aliphatic carbocycles. The fourth-order valence-electron chi connectivity index (χ4n) is 3.46. The molecule has 2 aromatic rings. The van der Waals surface area contributed by atoms with Gasteiger partial charge in [-0.1, -0.05) is 41.9 Å². The standard InChI is InChI=1S/C22H27ClN2O2/c23-19-9-6-8-18(16-19)21(25-13-4-5-14-25)17-24-22(26)12-7-15-27-20-10-2-1-3-11-20/h1-3,6,8-11,16,21H,4-5,7,12-15,17H2,(H,24,26). The summed E-state index contributed by atoms with van der Waals surface area (Å²) in [5.74, 6) is 0.908. The summed E-state index contributed by atoms with van der Waals surface area (Å²) in [6.07, 6.45) is 3.59. The molecule has 27 heavy (non-hydrogen) atoms. The minimum atomic E-state index is 0.0675. The van der Waals surface area contributed by atoms with E-state index in [2.05, 4.69) is 16.3 Å². The van der Waals surface area contributed by atoms with Crippen molar-refractivity contribution in [3.05, 3.63) is 65.2 Å². The third kappa shape index (κ3) is 6.26. The largest absolute Gasteiger partial charge is 0.494 e. The van der Waals surface area contributed by atoms with Gasteiger partial charge in [-0.15, -0.1) is 0 Å². The van der Waals surface area contributed by atoms with Gasteiger partial charge >= 0.3 is 0 Å². The Hall–Kier alpha value is -2.04. The quantitative estimate of drug-likeness (QED) is 0.647. The summed E-state index contributed by atoms with van der Waals surface area (Å²) in [6, 6.07) is 17.8. The summed E-state index contributed by atoms with van der Waals surface area (Å²) < 4.78 is 5.64. The van der Waals surface area contributed by atoms with E-state index in [-0.39, 0.29) is 11.9 Å². The van der Waals surface area contributed by atoms with E-state index in [1.165, 1.54) is 12.8 Å². The number of carbonyl (C=O) groups is 1. The number of hydrogen-bond acceptors (Lipinski definition) is 3. The maximum absolute atomic E-state index is 12.3. The minimum absolute atomic E-state index is 0.0675. The van der Waals surface area contributed by atoms with Gasteiger partial charge in [0.1, 0.15) is 5.75 Å². The van der Waals surface area contributed by atoms with Crippen molar-refractivity contribution in [2.24, 2.45) is 0 Å². The number of carbonyl (C=O) groups excluding carboxylic acids is 1. The van der Waals surface area contributed by atoms with Gasteiger partial charge in [-0.25, -0.2) is 0 Å². The van der Waals surface area contributed by atoms with E-state index in [1.54, 1.807) is 0 Å². The molecule has 1 aliphatic heterocycles. The van der Waals surface area contributed by atoms with Gasteiger partial charge in [0.2, 0.25) is 5.91 Å². The van der Waals surface area contributed by atoms with E-state index in [9.17, 15) is 4.79 Å². The van der Waals surface area contributed by atoms with E-state index >= 15 is 0 Å². The first-order valence-electron chi connectivity index (χ1n) is 9.66. The highest BCUT2D eigenvalue weighted by Gasteiger charge is 2.24. The van der Waals surface area contributed by atoms with E-state index in [1.807, 2.05) is 48.5 Å². The molecule has 0 aromatic heterocycles. The Morgan fingerprint density at radius 2 is 1.89 bits per heavy atom. The first kappa shape index (κ1) is 19.7. The van der Waals surface area contributed by atoms with Crippen LogP contribution >= 0.6 is 11.6 Å². The van der Waals surface area contributed by atoms with Crippen LogP contribution in [-0.4, -0.2) is 37.0 Å². The lowest BCUT2D eigenvalue weighted by atomic mass is 10.1. The third-order valence-electron chi connectivity index (χ3n) is 4.87. The lowest BCUT2D eigenvalue weighted by molar-refractivity contribution is -0.121. The van der Waals surface area contributed by atoms with Crippen LogP contribution in [0.3, 0.4) is 0 Å². The highest BCUT2D eigenvalue weighted by Crippen LogP contribution is 2.26. The molecule has 1 fully saturated rings. The highest BCUT2D eigenvalue weighted by molar-refractivity contribution is 6.30. The lowest BCUT2D eigenvalue weighted by Crippen LogP contribution is -2.36. The summed E-state index contributed by atoms with van der Waals surface area (Å²) in [5.41, 5.74) is 1.16. The van der Waals surface area contributed by atoms with Crippen molar-refractivity contribution in [1.29, 1.82) is 0 Å². The van der Waals surface area contributed by atoms with Gasteiger partial charge in [0.25, 0.3) is 0 Å². The number of rotatable bonds is 9. The molecular weight excluding hydrogens is 360 g/mol. The molecule has 1 amide bonds. The normalized spacial score (nSPS) is 15.4. The second kappa shape index (κ2) is 10.3. The Balaban J connectivity index is 1.45. The van der Waals surface area contributed by atoms with Crippen molar-refractivity contribution < 1.29 is 9.53 Å². The van der Waals surface area contributed by atoms with E-state index in [0.717, 1.165) is 29.4 Å². The smallest absolute Gasteiger partial charge is 0.220 e. The average molecular weight is 387 g/mol. The van der Waals surface area contributed by atoms with Gasteiger partial charge in [-0.2, -0.15) is 0 Å². The summed E-state index contributed by atoms with van der Waals surface area (Å²) in [6.45, 7) is 3.29. The molecule has 1 atom stereocenters. The molecule has 1 aliphatic rings. The molecule has 0 radical (unpaired) electrons. The van der Waals surface area contributed by atoms with Gasteiger partial charge in [0.05, 0.1) is 12.6 Å². The number of nitrogens with one attached hydrogen (secondary N) is 1. The monoisotopic (exact) mass is 386 g/mol. The molecule has 1 unspecified atom stereocenters. The molecular formula is C22H27ClN2O2. The Morgan fingerprint density at radius 1 is 1.11 bits per heavy atom. The maximum atomic E-state index is 12.3. The van der Waals surface area contributed by atoms with Crippen molar-refractivity contribution in [2.45, 2.75) is 31.7 Å². The first-order valence-corrected chi connectivity index (χ1v) is 10.0. The van der Waals surface area contributed by atoms with E-state index < -0.39 is 0 Å². The summed E-state index contributed by atoms with van der Waals surface area (Å²) in [5, 5.41) is 3.83. The van der Waals surface area contributed by atoms with Crippen LogP contribution in [0, 0.1) is 0 Å². The summed E-state index contributed by atoms with van der Waals surface area (Å²) in [7, 11) is 0. The Morgan fingerprint density at radius 3 is 2.63 bits per heavy atom. The van der Waals surface area contributed by atoms with Gasteiger partial charge in [-0.3, -0.25) is 9.69 Å². The number of benzene rings is 2. The number of halogens is 1. The van der Waals surface area contributed by atoms with E-state index in [4.69, 9.17) is 16.3 Å². The van der Waals surface area contributed by atoms with Crippen molar-refractivity contribution in [1.82, 2.24) is 10.2 Å². The van der Waals surface area contributed by atoms with Crippen LogP contribution < -0.4 is 10.1 Å². The van der Waals surface area contributed by atoms with Crippen molar-refractivity contribution in [3.8, 4) is 5.75 Å². The molecule has 2 aromatic carbocycles. The molecule has 1 heterocycles. The molecule has 4 nitrogen and oxygen atoms in total. The second-order valence-corrected chi connectivity index (χ2v) is 7.32. The Bertz CT molecular complexity index is 717. The highest BCUT2D eigenvalue weighted by atomic mass is 35.5. The first-order chi connectivity index (χ1) is 13.2. The van der Waals surface area contributed by atoms with Gasteiger partial charge in [0, 0.05) is 18.0 Å². The minimum Gasteiger partial charge on any atom is -0.494 e. The van der Waals surface area contributed by atoms with Crippen LogP contribution in [0.15, 0.2) is 54.6 Å². The molecule has 1 saturated heterocycles. The molecule has 0 bridgehead atoms. The predicted octanol–water partition coefficient (Wildman–Crippen LogP) is 4.45. The van der Waals surface area contributed by atoms with Gasteiger partial charge < -0.3 is 10.1 Å². The zero-order chi connectivity index (χ0) is 18.9. The van der Waals surface area contributed by atoms with Crippen LogP contribution in [0.25, 0.3) is 0 Å². The molecule has 0 saturated carbocycles. The summed E-state index contributed by atoms with van der Waals surface area (Å²) in [4.78, 5) is 14.7. The van der Waals surface area contributed by atoms with Crippen molar-refractivity contribution >= 4 is 17.5 Å². The van der Waals surface area contributed by atoms with Gasteiger partial charge in [0.15, 0.2) is 0 Å². The SMILES string of the molecule is O=C(CCCOc1ccccc1)NCC(c1cccc(Cl)c1)N1CCCC1. The molecule has 5 heteroatoms. The molecule has 0 spiro atoms. The number of nitrogens with zero attached hydrogens (tertiary/aromatic N) is 1. The number of hydrogen-bond donors (Lipinski definition) is 1. The topological polar surface area (TPSA) is 41.6 Å². The van der Waals surface area contributed by atoms with Gasteiger partial charge in [-0.05, 0) is 62.2 Å². The Labute approximate surface area is 166 Å². The number of amides is 1. The predicted molar refractivity (Wildman–Crippen MR) is 109 cm³/mol.